The predicted octanol–water partition coefficient (Wildman–Crippen LogP) is 3.05. The van der Waals surface area contributed by atoms with Crippen LogP contribution >= 0.6 is 0 Å². The molecule has 0 spiro atoms. The Bertz CT molecular complexity index is 1000. The largest absolute Gasteiger partial charge is 0.326 e. The minimum absolute atomic E-state index is 0.0598. The molecule has 0 saturated carbocycles. The molecule has 0 unspecified atom stereocenters. The highest BCUT2D eigenvalue weighted by Crippen LogP contribution is 2.27. The zero-order valence-electron chi connectivity index (χ0n) is 17.0. The molecule has 3 rings (SSSR count). The van der Waals surface area contributed by atoms with Gasteiger partial charge >= 0.3 is 11.8 Å². The Hall–Kier alpha value is -3.68. The van der Waals surface area contributed by atoms with E-state index in [1.165, 1.54) is 6.92 Å². The van der Waals surface area contributed by atoms with E-state index in [0.717, 1.165) is 24.1 Å². The Morgan fingerprint density at radius 1 is 0.867 bits per heavy atom. The van der Waals surface area contributed by atoms with E-state index < -0.39 is 11.8 Å². The molecular formula is C22H24N4O4. The van der Waals surface area contributed by atoms with Crippen LogP contribution in [0, 0.1) is 6.92 Å². The molecule has 0 aromatic heterocycles. The first-order valence-corrected chi connectivity index (χ1v) is 9.74. The summed E-state index contributed by atoms with van der Waals surface area (Å²) in [6, 6.07) is 11.7. The first-order valence-electron chi connectivity index (χ1n) is 9.74. The smallest absolute Gasteiger partial charge is 0.314 e. The van der Waals surface area contributed by atoms with Crippen molar-refractivity contribution in [1.29, 1.82) is 0 Å². The first-order chi connectivity index (χ1) is 14.3. The second-order valence-electron chi connectivity index (χ2n) is 7.17. The number of hydrogen-bond acceptors (Lipinski definition) is 4. The van der Waals surface area contributed by atoms with Gasteiger partial charge in [0.25, 0.3) is 0 Å². The Kier molecular flexibility index (Phi) is 6.46. The van der Waals surface area contributed by atoms with Gasteiger partial charge in [-0.1, -0.05) is 12.1 Å². The van der Waals surface area contributed by atoms with Gasteiger partial charge in [0.2, 0.25) is 11.8 Å². The molecule has 1 aliphatic rings. The van der Waals surface area contributed by atoms with Crippen molar-refractivity contribution < 1.29 is 19.2 Å². The lowest BCUT2D eigenvalue weighted by atomic mass is 10.1. The summed E-state index contributed by atoms with van der Waals surface area (Å²) in [6.07, 6.45) is 2.33. The molecule has 0 atom stereocenters. The SMILES string of the molecule is CC(=O)Nc1cccc(NC(=O)C(=O)Nc2ccc(C)c(N3CCCCC3=O)c2)c1. The number of anilines is 4. The van der Waals surface area contributed by atoms with Crippen molar-refractivity contribution in [3.63, 3.8) is 0 Å². The molecule has 3 N–H and O–H groups in total. The van der Waals surface area contributed by atoms with Crippen molar-refractivity contribution in [3.8, 4) is 0 Å². The molecule has 4 amide bonds. The van der Waals surface area contributed by atoms with Gasteiger partial charge in [0.05, 0.1) is 0 Å². The summed E-state index contributed by atoms with van der Waals surface area (Å²) in [5, 5.41) is 7.69. The van der Waals surface area contributed by atoms with Crippen molar-refractivity contribution >= 4 is 46.4 Å². The molecule has 8 heteroatoms. The van der Waals surface area contributed by atoms with Gasteiger partial charge in [-0.2, -0.15) is 0 Å². The number of carbonyl (C=O) groups is 4. The first kappa shape index (κ1) is 21.0. The maximum atomic E-state index is 12.3. The van der Waals surface area contributed by atoms with Crippen molar-refractivity contribution in [3.05, 3.63) is 48.0 Å². The van der Waals surface area contributed by atoms with Gasteiger partial charge in [-0.3, -0.25) is 19.2 Å². The van der Waals surface area contributed by atoms with Crippen molar-refractivity contribution in [2.75, 3.05) is 27.4 Å². The van der Waals surface area contributed by atoms with E-state index >= 15 is 0 Å². The Labute approximate surface area is 174 Å². The van der Waals surface area contributed by atoms with Crippen LogP contribution in [-0.4, -0.2) is 30.2 Å². The minimum atomic E-state index is -0.842. The van der Waals surface area contributed by atoms with Gasteiger partial charge in [-0.25, -0.2) is 0 Å². The van der Waals surface area contributed by atoms with Gasteiger partial charge in [0, 0.05) is 42.6 Å². The molecule has 1 heterocycles. The van der Waals surface area contributed by atoms with Gasteiger partial charge in [0.15, 0.2) is 0 Å². The number of carbonyl (C=O) groups excluding carboxylic acids is 4. The second kappa shape index (κ2) is 9.21. The second-order valence-corrected chi connectivity index (χ2v) is 7.17. The fourth-order valence-corrected chi connectivity index (χ4v) is 3.29. The standard InChI is InChI=1S/C22H24N4O4/c1-14-9-10-18(13-19(14)26-11-4-3-8-20(26)28)25-22(30)21(29)24-17-7-5-6-16(12-17)23-15(2)27/h5-7,9-10,12-13H,3-4,8,11H2,1-2H3,(H,23,27)(H,24,29)(H,25,30). The molecular weight excluding hydrogens is 384 g/mol. The molecule has 0 radical (unpaired) electrons. The van der Waals surface area contributed by atoms with E-state index in [2.05, 4.69) is 16.0 Å². The Morgan fingerprint density at radius 2 is 1.50 bits per heavy atom. The number of amides is 4. The third-order valence-electron chi connectivity index (χ3n) is 4.73. The number of aryl methyl sites for hydroxylation is 1. The molecule has 0 aliphatic carbocycles. The summed E-state index contributed by atoms with van der Waals surface area (Å²) in [5.74, 6) is -1.85. The van der Waals surface area contributed by atoms with Crippen LogP contribution in [0.25, 0.3) is 0 Å². The molecule has 30 heavy (non-hydrogen) atoms. The molecule has 2 aromatic rings. The summed E-state index contributed by atoms with van der Waals surface area (Å²) in [7, 11) is 0. The molecule has 0 bridgehead atoms. The van der Waals surface area contributed by atoms with E-state index in [4.69, 9.17) is 0 Å². The zero-order chi connectivity index (χ0) is 21.7. The third kappa shape index (κ3) is 5.22. The fourth-order valence-electron chi connectivity index (χ4n) is 3.29. The van der Waals surface area contributed by atoms with Crippen molar-refractivity contribution in [2.45, 2.75) is 33.1 Å². The summed E-state index contributed by atoms with van der Waals surface area (Å²) >= 11 is 0. The number of piperidine rings is 1. The summed E-state index contributed by atoms with van der Waals surface area (Å²) in [5.41, 5.74) is 2.98. The van der Waals surface area contributed by atoms with E-state index in [0.29, 0.717) is 30.0 Å². The maximum absolute atomic E-state index is 12.3. The van der Waals surface area contributed by atoms with Gasteiger partial charge < -0.3 is 20.9 Å². The fraction of sp³-hybridized carbons (Fsp3) is 0.273. The van der Waals surface area contributed by atoms with Crippen LogP contribution in [0.1, 0.15) is 31.7 Å². The van der Waals surface area contributed by atoms with Crippen LogP contribution in [0.2, 0.25) is 0 Å². The number of nitrogens with zero attached hydrogens (tertiary/aromatic N) is 1. The van der Waals surface area contributed by atoms with E-state index in [1.54, 1.807) is 41.3 Å². The van der Waals surface area contributed by atoms with Crippen LogP contribution in [-0.2, 0) is 19.2 Å². The summed E-state index contributed by atoms with van der Waals surface area (Å²) in [6.45, 7) is 3.92. The Morgan fingerprint density at radius 3 is 2.13 bits per heavy atom. The number of hydrogen-bond donors (Lipinski definition) is 3. The van der Waals surface area contributed by atoms with E-state index in [1.807, 2.05) is 13.0 Å². The monoisotopic (exact) mass is 408 g/mol. The predicted molar refractivity (Wildman–Crippen MR) is 115 cm³/mol. The van der Waals surface area contributed by atoms with Crippen LogP contribution in [0.5, 0.6) is 0 Å². The minimum Gasteiger partial charge on any atom is -0.326 e. The third-order valence-corrected chi connectivity index (χ3v) is 4.73. The summed E-state index contributed by atoms with van der Waals surface area (Å²) < 4.78 is 0. The van der Waals surface area contributed by atoms with Gasteiger partial charge in [-0.05, 0) is 55.7 Å². The highest BCUT2D eigenvalue weighted by atomic mass is 16.2. The van der Waals surface area contributed by atoms with Crippen molar-refractivity contribution in [2.24, 2.45) is 0 Å². The lowest BCUT2D eigenvalue weighted by Crippen LogP contribution is -2.35. The molecule has 1 saturated heterocycles. The maximum Gasteiger partial charge on any atom is 0.314 e. The average Bonchev–Trinajstić information content (AvgIpc) is 2.69. The van der Waals surface area contributed by atoms with E-state index in [9.17, 15) is 19.2 Å². The normalized spacial score (nSPS) is 13.5. The van der Waals surface area contributed by atoms with E-state index in [-0.39, 0.29) is 11.8 Å². The van der Waals surface area contributed by atoms with Crippen LogP contribution < -0.4 is 20.9 Å². The summed E-state index contributed by atoms with van der Waals surface area (Å²) in [4.78, 5) is 49.7. The topological polar surface area (TPSA) is 108 Å². The Balaban J connectivity index is 1.68. The van der Waals surface area contributed by atoms with Crippen LogP contribution in [0.4, 0.5) is 22.7 Å². The van der Waals surface area contributed by atoms with Gasteiger partial charge in [-0.15, -0.1) is 0 Å². The van der Waals surface area contributed by atoms with Crippen LogP contribution in [0.15, 0.2) is 42.5 Å². The number of rotatable bonds is 4. The lowest BCUT2D eigenvalue weighted by Gasteiger charge is -2.28. The molecule has 2 aromatic carbocycles. The molecule has 8 nitrogen and oxygen atoms in total. The quantitative estimate of drug-likeness (QED) is 0.676. The average molecular weight is 408 g/mol. The molecule has 1 aliphatic heterocycles. The highest BCUT2D eigenvalue weighted by molar-refractivity contribution is 6.43. The molecule has 1 fully saturated rings. The van der Waals surface area contributed by atoms with Gasteiger partial charge in [0.1, 0.15) is 0 Å². The lowest BCUT2D eigenvalue weighted by molar-refractivity contribution is -0.132. The highest BCUT2D eigenvalue weighted by Gasteiger charge is 2.22. The molecule has 156 valence electrons. The number of benzene rings is 2. The van der Waals surface area contributed by atoms with Crippen molar-refractivity contribution in [1.82, 2.24) is 0 Å². The zero-order valence-corrected chi connectivity index (χ0v) is 17.0. The van der Waals surface area contributed by atoms with Crippen LogP contribution in [0.3, 0.4) is 0 Å². The number of nitrogens with one attached hydrogen (secondary N) is 3.